The van der Waals surface area contributed by atoms with Gasteiger partial charge in [-0.05, 0) is 95.3 Å². The summed E-state index contributed by atoms with van der Waals surface area (Å²) in [4.78, 5) is 12.0. The Hall–Kier alpha value is -3.64. The summed E-state index contributed by atoms with van der Waals surface area (Å²) in [6.07, 6.45) is 5.48. The van der Waals surface area contributed by atoms with Crippen LogP contribution in [0.15, 0.2) is 66.7 Å². The van der Waals surface area contributed by atoms with Gasteiger partial charge in [-0.2, -0.15) is 0 Å². The Bertz CT molecular complexity index is 1330. The molecule has 198 valence electrons. The number of benzene rings is 3. The summed E-state index contributed by atoms with van der Waals surface area (Å²) in [6, 6.07) is 18.8. The zero-order chi connectivity index (χ0) is 26.5. The number of methoxy groups -OCH3 is 2. The summed E-state index contributed by atoms with van der Waals surface area (Å²) in [6.45, 7) is 1.54. The fourth-order valence-corrected chi connectivity index (χ4v) is 5.11. The van der Waals surface area contributed by atoms with E-state index in [2.05, 4.69) is 18.2 Å². The zero-order valence-electron chi connectivity index (χ0n) is 21.9. The van der Waals surface area contributed by atoms with Crippen molar-refractivity contribution in [3.05, 3.63) is 89.2 Å². The van der Waals surface area contributed by atoms with E-state index < -0.39 is 0 Å². The van der Waals surface area contributed by atoms with Gasteiger partial charge < -0.3 is 18.9 Å². The van der Waals surface area contributed by atoms with Gasteiger partial charge in [0, 0.05) is 5.56 Å². The van der Waals surface area contributed by atoms with E-state index in [-0.39, 0.29) is 17.7 Å². The third-order valence-corrected chi connectivity index (χ3v) is 7.35. The molecule has 0 spiro atoms. The Labute approximate surface area is 223 Å². The largest absolute Gasteiger partial charge is 0.497 e. The van der Waals surface area contributed by atoms with E-state index in [0.29, 0.717) is 43.5 Å². The number of hydrogen-bond acceptors (Lipinski definition) is 5. The Morgan fingerprint density at radius 2 is 1.87 bits per heavy atom. The van der Waals surface area contributed by atoms with Crippen LogP contribution in [0.4, 0.5) is 4.39 Å². The molecule has 3 aromatic carbocycles. The highest BCUT2D eigenvalue weighted by Crippen LogP contribution is 2.45. The second-order valence-corrected chi connectivity index (χ2v) is 9.87. The quantitative estimate of drug-likeness (QED) is 0.273. The third-order valence-electron chi connectivity index (χ3n) is 7.35. The molecule has 2 aliphatic rings. The summed E-state index contributed by atoms with van der Waals surface area (Å²) in [5.41, 5.74) is 5.51. The van der Waals surface area contributed by atoms with Gasteiger partial charge in [-0.3, -0.25) is 4.79 Å². The Balaban J connectivity index is 1.40. The van der Waals surface area contributed by atoms with Gasteiger partial charge in [0.15, 0.2) is 0 Å². The maximum atomic E-state index is 14.9. The van der Waals surface area contributed by atoms with Crippen LogP contribution in [0.3, 0.4) is 0 Å². The third kappa shape index (κ3) is 6.08. The predicted molar refractivity (Wildman–Crippen MR) is 145 cm³/mol. The SMILES string of the molecule is COC(=O)C[C@@H](c1cccc(OCc2ccc(-c3cc(OC)ccc3F)c(C3=CCOCC3)c2)c1)C1CC1. The van der Waals surface area contributed by atoms with Crippen LogP contribution < -0.4 is 9.47 Å². The van der Waals surface area contributed by atoms with Crippen molar-refractivity contribution in [3.8, 4) is 22.6 Å². The molecule has 0 saturated heterocycles. The molecule has 0 bridgehead atoms. The van der Waals surface area contributed by atoms with E-state index in [1.807, 2.05) is 30.3 Å². The van der Waals surface area contributed by atoms with Crippen LogP contribution in [0, 0.1) is 11.7 Å². The Morgan fingerprint density at radius 3 is 2.61 bits per heavy atom. The van der Waals surface area contributed by atoms with Gasteiger partial charge in [-0.25, -0.2) is 4.39 Å². The molecule has 1 heterocycles. The van der Waals surface area contributed by atoms with Crippen LogP contribution in [0.2, 0.25) is 0 Å². The number of hydrogen-bond donors (Lipinski definition) is 0. The lowest BCUT2D eigenvalue weighted by molar-refractivity contribution is -0.141. The van der Waals surface area contributed by atoms with Crippen molar-refractivity contribution in [1.29, 1.82) is 0 Å². The van der Waals surface area contributed by atoms with Crippen molar-refractivity contribution in [3.63, 3.8) is 0 Å². The molecule has 5 rings (SSSR count). The van der Waals surface area contributed by atoms with E-state index >= 15 is 0 Å². The van der Waals surface area contributed by atoms with Crippen LogP contribution in [-0.2, 0) is 20.9 Å². The summed E-state index contributed by atoms with van der Waals surface area (Å²) >= 11 is 0. The lowest BCUT2D eigenvalue weighted by Gasteiger charge is -2.20. The van der Waals surface area contributed by atoms with Gasteiger partial charge in [-0.15, -0.1) is 0 Å². The molecule has 1 atom stereocenters. The first-order chi connectivity index (χ1) is 18.6. The fraction of sp³-hybridized carbons (Fsp3) is 0.344. The number of rotatable bonds is 10. The molecule has 5 nitrogen and oxygen atoms in total. The molecule has 0 N–H and O–H groups in total. The molecule has 0 amide bonds. The van der Waals surface area contributed by atoms with Gasteiger partial charge >= 0.3 is 5.97 Å². The first kappa shape index (κ1) is 26.0. The van der Waals surface area contributed by atoms with Gasteiger partial charge in [0.05, 0.1) is 33.9 Å². The maximum Gasteiger partial charge on any atom is 0.306 e. The topological polar surface area (TPSA) is 54.0 Å². The lowest BCUT2D eigenvalue weighted by atomic mass is 9.90. The van der Waals surface area contributed by atoms with Crippen molar-refractivity contribution in [2.75, 3.05) is 27.4 Å². The Kier molecular flexibility index (Phi) is 8.08. The van der Waals surface area contributed by atoms with E-state index in [4.69, 9.17) is 18.9 Å². The number of esters is 1. The van der Waals surface area contributed by atoms with Crippen molar-refractivity contribution in [2.24, 2.45) is 5.92 Å². The number of halogens is 1. The van der Waals surface area contributed by atoms with Crippen LogP contribution in [0.5, 0.6) is 11.5 Å². The van der Waals surface area contributed by atoms with Crippen LogP contribution in [0.1, 0.15) is 48.3 Å². The van der Waals surface area contributed by atoms with Crippen molar-refractivity contribution in [2.45, 2.75) is 38.2 Å². The highest BCUT2D eigenvalue weighted by atomic mass is 19.1. The average molecular weight is 517 g/mol. The molecule has 1 saturated carbocycles. The number of carbonyl (C=O) groups excluding carboxylic acids is 1. The van der Waals surface area contributed by atoms with E-state index in [9.17, 15) is 9.18 Å². The normalized spacial score (nSPS) is 15.9. The minimum Gasteiger partial charge on any atom is -0.497 e. The molecule has 0 radical (unpaired) electrons. The summed E-state index contributed by atoms with van der Waals surface area (Å²) in [7, 11) is 3.01. The molecule has 6 heteroatoms. The number of ether oxygens (including phenoxy) is 4. The molecule has 3 aromatic rings. The second kappa shape index (κ2) is 11.8. The van der Waals surface area contributed by atoms with Crippen molar-refractivity contribution in [1.82, 2.24) is 0 Å². The zero-order valence-corrected chi connectivity index (χ0v) is 21.9. The second-order valence-electron chi connectivity index (χ2n) is 9.87. The molecule has 1 fully saturated rings. The molecule has 0 unspecified atom stereocenters. The van der Waals surface area contributed by atoms with Crippen LogP contribution in [0.25, 0.3) is 16.7 Å². The molecular formula is C32H33FO5. The predicted octanol–water partition coefficient (Wildman–Crippen LogP) is 6.94. The highest BCUT2D eigenvalue weighted by molar-refractivity contribution is 5.83. The molecular weight excluding hydrogens is 483 g/mol. The van der Waals surface area contributed by atoms with Gasteiger partial charge in [0.25, 0.3) is 0 Å². The maximum absolute atomic E-state index is 14.9. The molecule has 0 aromatic heterocycles. The van der Waals surface area contributed by atoms with Gasteiger partial charge in [-0.1, -0.05) is 30.3 Å². The van der Waals surface area contributed by atoms with E-state index in [1.54, 1.807) is 19.2 Å². The van der Waals surface area contributed by atoms with Gasteiger partial charge in [0.2, 0.25) is 0 Å². The first-order valence-corrected chi connectivity index (χ1v) is 13.1. The van der Waals surface area contributed by atoms with Crippen LogP contribution >= 0.6 is 0 Å². The smallest absolute Gasteiger partial charge is 0.306 e. The van der Waals surface area contributed by atoms with Crippen LogP contribution in [-0.4, -0.2) is 33.4 Å². The summed E-state index contributed by atoms with van der Waals surface area (Å²) in [5, 5.41) is 0. The van der Waals surface area contributed by atoms with E-state index in [0.717, 1.165) is 52.8 Å². The molecule has 1 aliphatic heterocycles. The first-order valence-electron chi connectivity index (χ1n) is 13.1. The molecule has 1 aliphatic carbocycles. The lowest BCUT2D eigenvalue weighted by Crippen LogP contribution is -2.10. The van der Waals surface area contributed by atoms with Gasteiger partial charge in [0.1, 0.15) is 23.9 Å². The molecule has 38 heavy (non-hydrogen) atoms. The minimum atomic E-state index is -0.294. The fourth-order valence-electron chi connectivity index (χ4n) is 5.11. The summed E-state index contributed by atoms with van der Waals surface area (Å²) < 4.78 is 36.9. The van der Waals surface area contributed by atoms with Crippen molar-refractivity contribution < 1.29 is 28.1 Å². The summed E-state index contributed by atoms with van der Waals surface area (Å²) in [5.74, 6) is 1.55. The standard InChI is InChI=1S/C32H33FO5/c1-35-25-9-11-31(33)30(18-25)27-10-6-21(16-29(27)23-12-14-37-15-13-23)20-38-26-5-3-4-24(17-26)28(22-7-8-22)19-32(34)36-2/h3-6,9-12,16-18,22,28H,7-8,13-15,19-20H2,1-2H3/t28-/m1/s1. The Morgan fingerprint density at radius 1 is 1.00 bits per heavy atom. The van der Waals surface area contributed by atoms with Crippen molar-refractivity contribution >= 4 is 11.5 Å². The monoisotopic (exact) mass is 516 g/mol. The van der Waals surface area contributed by atoms with E-state index in [1.165, 1.54) is 13.2 Å². The highest BCUT2D eigenvalue weighted by Gasteiger charge is 2.34. The minimum absolute atomic E-state index is 0.148. The number of carbonyl (C=O) groups is 1. The average Bonchev–Trinajstić information content (AvgIpc) is 3.81.